The van der Waals surface area contributed by atoms with Crippen LogP contribution in [0, 0.1) is 5.92 Å². The summed E-state index contributed by atoms with van der Waals surface area (Å²) in [5.41, 5.74) is 8.13. The number of hydrogen-bond acceptors (Lipinski definition) is 8. The number of nitrogens with two attached hydrogens (primary N) is 1. The minimum atomic E-state index is -0.689. The summed E-state index contributed by atoms with van der Waals surface area (Å²) in [4.78, 5) is 34.1. The minimum Gasteiger partial charge on any atom is -0.378 e. The van der Waals surface area contributed by atoms with Gasteiger partial charge in [0.05, 0.1) is 5.69 Å². The molecule has 1 aromatic carbocycles. The Labute approximate surface area is 210 Å². The first-order valence-electron chi connectivity index (χ1n) is 12.3. The van der Waals surface area contributed by atoms with Gasteiger partial charge in [-0.25, -0.2) is 0 Å². The number of ketones is 1. The summed E-state index contributed by atoms with van der Waals surface area (Å²) in [6.07, 6.45) is 8.22. The predicted molar refractivity (Wildman–Crippen MR) is 139 cm³/mol. The first kappa shape index (κ1) is 23.8. The Morgan fingerprint density at radius 2 is 1.83 bits per heavy atom. The highest BCUT2D eigenvalue weighted by Crippen LogP contribution is 2.43. The van der Waals surface area contributed by atoms with Gasteiger partial charge >= 0.3 is 0 Å². The molecule has 10 heteroatoms. The Morgan fingerprint density at radius 1 is 1.08 bits per heavy atom. The Kier molecular flexibility index (Phi) is 6.34. The summed E-state index contributed by atoms with van der Waals surface area (Å²) >= 11 is 0. The Morgan fingerprint density at radius 3 is 2.50 bits per heavy atom. The molecule has 2 aliphatic heterocycles. The van der Waals surface area contributed by atoms with Crippen LogP contribution in [0.1, 0.15) is 53.0 Å². The largest absolute Gasteiger partial charge is 0.378 e. The van der Waals surface area contributed by atoms with Crippen molar-refractivity contribution < 1.29 is 9.59 Å². The van der Waals surface area contributed by atoms with E-state index in [9.17, 15) is 9.59 Å². The van der Waals surface area contributed by atoms with Crippen LogP contribution in [-0.4, -0.2) is 57.6 Å². The molecule has 5 rings (SSSR count). The average molecular weight is 489 g/mol. The molecule has 0 spiro atoms. The van der Waals surface area contributed by atoms with Gasteiger partial charge in [0.25, 0.3) is 5.91 Å². The quantitative estimate of drug-likeness (QED) is 0.464. The van der Waals surface area contributed by atoms with Gasteiger partial charge in [0.2, 0.25) is 5.95 Å². The first-order chi connectivity index (χ1) is 17.3. The van der Waals surface area contributed by atoms with Gasteiger partial charge < -0.3 is 25.4 Å². The van der Waals surface area contributed by atoms with Crippen molar-refractivity contribution in [2.24, 2.45) is 18.7 Å². The number of fused-ring (bicyclic) bond motifs is 2. The van der Waals surface area contributed by atoms with Crippen molar-refractivity contribution in [2.75, 3.05) is 29.2 Å². The molecule has 3 N–H and O–H groups in total. The molecule has 2 fully saturated rings. The zero-order valence-corrected chi connectivity index (χ0v) is 20.9. The molecular formula is C26H32N8O2. The highest BCUT2D eigenvalue weighted by Gasteiger charge is 2.44. The second-order valence-electron chi connectivity index (χ2n) is 9.98. The number of benzene rings is 1. The summed E-state index contributed by atoms with van der Waals surface area (Å²) in [5.74, 6) is 0.431. The van der Waals surface area contributed by atoms with E-state index in [1.807, 2.05) is 73.3 Å². The molecule has 3 unspecified atom stereocenters. The van der Waals surface area contributed by atoms with Gasteiger partial charge in [-0.1, -0.05) is 0 Å². The molecule has 188 valence electrons. The highest BCUT2D eigenvalue weighted by atomic mass is 16.1. The molecule has 1 amide bonds. The molecule has 0 radical (unpaired) electrons. The Hall–Kier alpha value is -3.95. The number of anilines is 4. The maximum absolute atomic E-state index is 13.2. The monoisotopic (exact) mass is 488 g/mol. The Balaban J connectivity index is 1.37. The maximum atomic E-state index is 13.2. The van der Waals surface area contributed by atoms with Gasteiger partial charge in [0.15, 0.2) is 17.3 Å². The molecule has 36 heavy (non-hydrogen) atoms. The van der Waals surface area contributed by atoms with Crippen LogP contribution >= 0.6 is 0 Å². The van der Waals surface area contributed by atoms with Crippen LogP contribution in [0.2, 0.25) is 0 Å². The van der Waals surface area contributed by atoms with Crippen LogP contribution in [0.15, 0.2) is 42.7 Å². The lowest BCUT2D eigenvalue weighted by Gasteiger charge is -2.39. The van der Waals surface area contributed by atoms with Gasteiger partial charge in [-0.05, 0) is 61.9 Å². The summed E-state index contributed by atoms with van der Waals surface area (Å²) < 4.78 is 1.89. The predicted octanol–water partition coefficient (Wildman–Crippen LogP) is 3.14. The normalized spacial score (nSPS) is 20.9. The summed E-state index contributed by atoms with van der Waals surface area (Å²) in [6, 6.07) is 10.1. The van der Waals surface area contributed by atoms with E-state index in [1.54, 1.807) is 0 Å². The lowest BCUT2D eigenvalue weighted by molar-refractivity contribution is 0.0944. The molecule has 2 aromatic heterocycles. The maximum Gasteiger partial charge on any atom is 0.273 e. The molecule has 3 aromatic rings. The molecule has 0 aliphatic carbocycles. The summed E-state index contributed by atoms with van der Waals surface area (Å²) in [5, 5.41) is 11.6. The number of aryl methyl sites for hydroxylation is 1. The fourth-order valence-corrected chi connectivity index (χ4v) is 5.50. The zero-order valence-electron chi connectivity index (χ0n) is 20.9. The lowest BCUT2D eigenvalue weighted by Crippen LogP contribution is -2.46. The number of carbonyl (C=O) groups is 2. The third kappa shape index (κ3) is 4.62. The molecular weight excluding hydrogens is 456 g/mol. The Bertz CT molecular complexity index is 1270. The van der Waals surface area contributed by atoms with Crippen molar-refractivity contribution in [3.8, 4) is 0 Å². The number of carbonyl (C=O) groups excluding carboxylic acids is 2. The number of rotatable bonds is 8. The van der Waals surface area contributed by atoms with E-state index in [1.165, 1.54) is 0 Å². The third-order valence-electron chi connectivity index (χ3n) is 7.35. The van der Waals surface area contributed by atoms with Crippen molar-refractivity contribution >= 4 is 34.8 Å². The number of nitrogens with one attached hydrogen (secondary N) is 1. The van der Waals surface area contributed by atoms with Crippen LogP contribution in [0.4, 0.5) is 23.1 Å². The molecule has 0 saturated carbocycles. The average Bonchev–Trinajstić information content (AvgIpc) is 3.41. The van der Waals surface area contributed by atoms with E-state index >= 15 is 0 Å². The van der Waals surface area contributed by atoms with Gasteiger partial charge in [-0.2, -0.15) is 4.98 Å². The van der Waals surface area contributed by atoms with Gasteiger partial charge in [-0.15, -0.1) is 10.2 Å². The van der Waals surface area contributed by atoms with Crippen LogP contribution in [0.3, 0.4) is 0 Å². The van der Waals surface area contributed by atoms with Crippen molar-refractivity contribution in [1.29, 1.82) is 0 Å². The fourth-order valence-electron chi connectivity index (χ4n) is 5.50. The van der Waals surface area contributed by atoms with Gasteiger partial charge in [0.1, 0.15) is 0 Å². The van der Waals surface area contributed by atoms with Crippen LogP contribution in [-0.2, 0) is 7.05 Å². The molecule has 4 heterocycles. The van der Waals surface area contributed by atoms with Crippen molar-refractivity contribution in [1.82, 2.24) is 19.7 Å². The molecule has 2 bridgehead atoms. The molecule has 10 nitrogen and oxygen atoms in total. The van der Waals surface area contributed by atoms with Crippen LogP contribution < -0.4 is 20.9 Å². The fraction of sp³-hybridized carbons (Fsp3) is 0.423. The van der Waals surface area contributed by atoms with E-state index < -0.39 is 5.91 Å². The van der Waals surface area contributed by atoms with E-state index in [0.29, 0.717) is 18.4 Å². The van der Waals surface area contributed by atoms with E-state index in [2.05, 4.69) is 20.4 Å². The third-order valence-corrected chi connectivity index (χ3v) is 7.35. The SMILES string of the molecule is CN(C)c1ccc(C(=O)CC2CCC3CCC2N3c2nnc(C(N)=O)c(Nc3ccn(C)c3)n2)cc1. The standard InChI is InChI=1S/C26H32N8O2/c1-32(2)19-7-4-16(5-8-19)22(35)14-17-6-9-20-10-11-21(17)34(20)26-29-25(23(24(27)36)30-31-26)28-18-12-13-33(3)15-18/h4-5,7-8,12-13,15,17,20-21H,6,9-11,14H2,1-3H3,(H2,27,36)(H,28,29,31). The number of primary amides is 1. The number of aromatic nitrogens is 4. The second-order valence-corrected chi connectivity index (χ2v) is 9.98. The van der Waals surface area contributed by atoms with Crippen molar-refractivity contribution in [3.05, 3.63) is 54.0 Å². The number of Topliss-reactive ketones (excluding diaryl/α,β-unsaturated/α-hetero) is 1. The van der Waals surface area contributed by atoms with Gasteiger partial charge in [0, 0.05) is 63.3 Å². The van der Waals surface area contributed by atoms with E-state index in [4.69, 9.17) is 10.7 Å². The second kappa shape index (κ2) is 9.60. The highest BCUT2D eigenvalue weighted by molar-refractivity contribution is 5.97. The van der Waals surface area contributed by atoms with Gasteiger partial charge in [-0.3, -0.25) is 9.59 Å². The van der Waals surface area contributed by atoms with E-state index in [-0.39, 0.29) is 29.3 Å². The number of hydrogen-bond donors (Lipinski definition) is 2. The minimum absolute atomic E-state index is 0.000131. The van der Waals surface area contributed by atoms with Crippen LogP contribution in [0.25, 0.3) is 0 Å². The molecule has 3 atom stereocenters. The number of piperidine rings is 1. The smallest absolute Gasteiger partial charge is 0.273 e. The van der Waals surface area contributed by atoms with Crippen molar-refractivity contribution in [2.45, 2.75) is 44.2 Å². The molecule has 2 aliphatic rings. The van der Waals surface area contributed by atoms with E-state index in [0.717, 1.165) is 42.6 Å². The number of amides is 1. The molecule has 2 saturated heterocycles. The zero-order chi connectivity index (χ0) is 25.4. The first-order valence-corrected chi connectivity index (χ1v) is 12.3. The van der Waals surface area contributed by atoms with Crippen molar-refractivity contribution in [3.63, 3.8) is 0 Å². The summed E-state index contributed by atoms with van der Waals surface area (Å²) in [7, 11) is 5.88. The summed E-state index contributed by atoms with van der Waals surface area (Å²) in [6.45, 7) is 0. The van der Waals surface area contributed by atoms with Crippen LogP contribution in [0.5, 0.6) is 0 Å². The topological polar surface area (TPSA) is 122 Å². The lowest BCUT2D eigenvalue weighted by atomic mass is 9.85. The number of nitrogens with zero attached hydrogens (tertiary/aromatic N) is 6.